The molecule has 1 amide bonds. The molecule has 3 aromatic rings. The fraction of sp³-hybridized carbons (Fsp3) is 0.192. The lowest BCUT2D eigenvalue weighted by Crippen LogP contribution is -2.47. The smallest absolute Gasteiger partial charge is 0.252 e. The highest BCUT2D eigenvalue weighted by atomic mass is 16.5. The largest absolute Gasteiger partial charge is 0.856 e. The molecule has 1 aliphatic rings. The summed E-state index contributed by atoms with van der Waals surface area (Å²) in [5.41, 5.74) is 1.98. The van der Waals surface area contributed by atoms with Gasteiger partial charge in [0.05, 0.1) is 27.2 Å². The molecule has 4 rings (SSSR count). The van der Waals surface area contributed by atoms with Crippen molar-refractivity contribution in [3.63, 3.8) is 0 Å². The monoisotopic (exact) mass is 459 g/mol. The molecule has 2 atom stereocenters. The summed E-state index contributed by atoms with van der Waals surface area (Å²) in [5.74, 6) is 0.628. The van der Waals surface area contributed by atoms with Crippen molar-refractivity contribution in [3.8, 4) is 17.2 Å². The lowest BCUT2D eigenvalue weighted by molar-refractivity contribution is -0.565. The molecular weight excluding hydrogens is 434 g/mol. The molecule has 0 fully saturated rings. The molecule has 174 valence electrons. The number of hydrogen-bond donors (Lipinski definition) is 1. The first-order valence-electron chi connectivity index (χ1n) is 10.6. The van der Waals surface area contributed by atoms with Crippen LogP contribution in [-0.2, 0) is 0 Å². The van der Waals surface area contributed by atoms with E-state index in [9.17, 15) is 9.90 Å². The number of carbonyl (C=O) groups is 1. The zero-order chi connectivity index (χ0) is 24.1. The summed E-state index contributed by atoms with van der Waals surface area (Å²) < 4.78 is 17.8. The fourth-order valence-electron chi connectivity index (χ4n) is 3.91. The summed E-state index contributed by atoms with van der Waals surface area (Å²) in [6, 6.07) is 20.3. The first-order valence-corrected chi connectivity index (χ1v) is 10.6. The standard InChI is InChI=1S/C26H25N3O5/c1-32-20-14-17(15-21(33-2)24(20)34-3)16-29-23(18-10-6-4-7-11-18)22(26(31)28-29)27-25(30)19-12-8-5-9-13-19/h4-16,22-23H,1-3H3,(H-,27,28,30,31)/b29-16-/t22-,23-/m1/s1. The van der Waals surface area contributed by atoms with Gasteiger partial charge in [0.25, 0.3) is 5.91 Å². The number of carbonyl (C=O) groups excluding carboxylic acids is 1. The van der Waals surface area contributed by atoms with Gasteiger partial charge in [-0.2, -0.15) is 0 Å². The number of nitrogens with zero attached hydrogens (tertiary/aromatic N) is 2. The third kappa shape index (κ3) is 4.56. The highest BCUT2D eigenvalue weighted by molar-refractivity contribution is 5.97. The van der Waals surface area contributed by atoms with Crippen molar-refractivity contribution in [1.29, 1.82) is 0 Å². The Labute approximate surface area is 197 Å². The van der Waals surface area contributed by atoms with Crippen molar-refractivity contribution in [3.05, 3.63) is 89.5 Å². The third-order valence-corrected chi connectivity index (χ3v) is 5.51. The number of benzene rings is 3. The van der Waals surface area contributed by atoms with Crippen LogP contribution >= 0.6 is 0 Å². The molecule has 34 heavy (non-hydrogen) atoms. The highest BCUT2D eigenvalue weighted by Gasteiger charge is 2.41. The Balaban J connectivity index is 1.75. The molecule has 8 nitrogen and oxygen atoms in total. The minimum Gasteiger partial charge on any atom is -0.856 e. The van der Waals surface area contributed by atoms with Crippen LogP contribution in [0.5, 0.6) is 17.2 Å². The van der Waals surface area contributed by atoms with E-state index in [1.807, 2.05) is 36.4 Å². The van der Waals surface area contributed by atoms with E-state index in [-0.39, 0.29) is 5.91 Å². The van der Waals surface area contributed by atoms with Crippen molar-refractivity contribution in [1.82, 2.24) is 5.32 Å². The minimum absolute atomic E-state index is 0.343. The van der Waals surface area contributed by atoms with E-state index < -0.39 is 18.0 Å². The van der Waals surface area contributed by atoms with Crippen LogP contribution in [0.4, 0.5) is 0 Å². The molecule has 3 aromatic carbocycles. The molecule has 0 aliphatic carbocycles. The minimum atomic E-state index is -0.867. The first-order chi connectivity index (χ1) is 16.5. The number of hydrazone groups is 1. The molecule has 0 radical (unpaired) electrons. The number of ether oxygens (including phenoxy) is 3. The normalized spacial score (nSPS) is 18.3. The molecule has 0 bridgehead atoms. The van der Waals surface area contributed by atoms with Gasteiger partial charge in [0.15, 0.2) is 11.5 Å². The maximum atomic E-state index is 13.0. The average Bonchev–Trinajstić information content (AvgIpc) is 3.18. The van der Waals surface area contributed by atoms with E-state index in [2.05, 4.69) is 10.4 Å². The Morgan fingerprint density at radius 2 is 1.53 bits per heavy atom. The fourth-order valence-corrected chi connectivity index (χ4v) is 3.91. The van der Waals surface area contributed by atoms with Crippen molar-refractivity contribution in [2.45, 2.75) is 12.1 Å². The van der Waals surface area contributed by atoms with Crippen LogP contribution in [0.25, 0.3) is 0 Å². The maximum absolute atomic E-state index is 13.0. The van der Waals surface area contributed by atoms with E-state index in [1.165, 1.54) is 21.3 Å². The molecule has 8 heteroatoms. The molecule has 0 saturated carbocycles. The number of methoxy groups -OCH3 is 3. The van der Waals surface area contributed by atoms with Crippen LogP contribution in [-0.4, -0.2) is 50.1 Å². The van der Waals surface area contributed by atoms with Gasteiger partial charge >= 0.3 is 0 Å². The van der Waals surface area contributed by atoms with Gasteiger partial charge in [-0.1, -0.05) is 53.2 Å². The summed E-state index contributed by atoms with van der Waals surface area (Å²) in [5, 5.41) is 20.1. The van der Waals surface area contributed by atoms with E-state index >= 15 is 0 Å². The second-order valence-corrected chi connectivity index (χ2v) is 7.58. The second-order valence-electron chi connectivity index (χ2n) is 7.58. The summed E-state index contributed by atoms with van der Waals surface area (Å²) >= 11 is 0. The van der Waals surface area contributed by atoms with Gasteiger partial charge in [-0.25, -0.2) is 0 Å². The molecule has 1 N–H and O–H groups in total. The molecule has 0 aromatic heterocycles. The van der Waals surface area contributed by atoms with Gasteiger partial charge in [-0.05, 0) is 29.4 Å². The summed E-state index contributed by atoms with van der Waals surface area (Å²) in [6.45, 7) is 0. The molecule has 1 aliphatic heterocycles. The van der Waals surface area contributed by atoms with Crippen LogP contribution in [0.2, 0.25) is 0 Å². The van der Waals surface area contributed by atoms with Gasteiger partial charge in [-0.15, -0.1) is 0 Å². The predicted octanol–water partition coefficient (Wildman–Crippen LogP) is 2.37. The molecule has 0 saturated heterocycles. The lowest BCUT2D eigenvalue weighted by atomic mass is 9.99. The SMILES string of the molecule is COc1cc(/C=[N+]2\N=C([O-])[C@H](NC(=O)c3ccccc3)[C@H]2c2ccccc2)cc(OC)c1OC. The number of nitrogens with one attached hydrogen (secondary N) is 1. The van der Waals surface area contributed by atoms with E-state index in [1.54, 1.807) is 47.3 Å². The predicted molar refractivity (Wildman–Crippen MR) is 126 cm³/mol. The van der Waals surface area contributed by atoms with Crippen LogP contribution in [0, 0.1) is 0 Å². The molecule has 1 heterocycles. The number of hydrogen-bond acceptors (Lipinski definition) is 6. The Morgan fingerprint density at radius 1 is 0.941 bits per heavy atom. The van der Waals surface area contributed by atoms with Crippen molar-refractivity contribution in [2.24, 2.45) is 5.10 Å². The zero-order valence-corrected chi connectivity index (χ0v) is 19.1. The summed E-state index contributed by atoms with van der Waals surface area (Å²) in [4.78, 5) is 12.8. The van der Waals surface area contributed by atoms with Crippen molar-refractivity contribution < 1.29 is 28.8 Å². The van der Waals surface area contributed by atoms with E-state index in [4.69, 9.17) is 14.2 Å². The van der Waals surface area contributed by atoms with Gasteiger partial charge in [0, 0.05) is 16.7 Å². The second kappa shape index (κ2) is 10.1. The Morgan fingerprint density at radius 3 is 2.09 bits per heavy atom. The van der Waals surface area contributed by atoms with Gasteiger partial charge < -0.3 is 24.6 Å². The Hall–Kier alpha value is -4.33. The molecular formula is C26H25N3O5. The van der Waals surface area contributed by atoms with Gasteiger partial charge in [0.2, 0.25) is 18.0 Å². The van der Waals surface area contributed by atoms with Crippen LogP contribution in [0.1, 0.15) is 27.5 Å². The highest BCUT2D eigenvalue weighted by Crippen LogP contribution is 2.38. The van der Waals surface area contributed by atoms with Crippen LogP contribution in [0.15, 0.2) is 77.9 Å². The Kier molecular flexibility index (Phi) is 6.77. The van der Waals surface area contributed by atoms with E-state index in [0.29, 0.717) is 28.4 Å². The van der Waals surface area contributed by atoms with Crippen LogP contribution < -0.4 is 24.6 Å². The summed E-state index contributed by atoms with van der Waals surface area (Å²) in [7, 11) is 4.60. The Bertz CT molecular complexity index is 1200. The molecule has 0 unspecified atom stereocenters. The van der Waals surface area contributed by atoms with Crippen molar-refractivity contribution in [2.75, 3.05) is 21.3 Å². The maximum Gasteiger partial charge on any atom is 0.252 e. The zero-order valence-electron chi connectivity index (χ0n) is 19.1. The van der Waals surface area contributed by atoms with Crippen molar-refractivity contribution >= 4 is 18.0 Å². The first kappa shape index (κ1) is 22.8. The topological polar surface area (TPSA) is 95.2 Å². The van der Waals surface area contributed by atoms with Gasteiger partial charge in [-0.3, -0.25) is 4.79 Å². The third-order valence-electron chi connectivity index (χ3n) is 5.51. The molecule has 0 spiro atoms. The van der Waals surface area contributed by atoms with E-state index in [0.717, 1.165) is 5.56 Å². The summed E-state index contributed by atoms with van der Waals surface area (Å²) in [6.07, 6.45) is 1.72. The van der Waals surface area contributed by atoms with Crippen LogP contribution in [0.3, 0.4) is 0 Å². The van der Waals surface area contributed by atoms with Gasteiger partial charge in [0.1, 0.15) is 6.04 Å². The lowest BCUT2D eigenvalue weighted by Gasteiger charge is -2.20. The average molecular weight is 460 g/mol. The number of rotatable bonds is 7. The number of amides is 1. The quantitative estimate of drug-likeness (QED) is 0.548.